The Morgan fingerprint density at radius 1 is 0.895 bits per heavy atom. The number of nitrogens with one attached hydrogen (secondary N) is 1. The molecule has 0 aliphatic heterocycles. The van der Waals surface area contributed by atoms with Crippen LogP contribution in [0.2, 0.25) is 0 Å². The fourth-order valence-electron chi connectivity index (χ4n) is 4.34. The van der Waals surface area contributed by atoms with Gasteiger partial charge < -0.3 is 5.32 Å². The topological polar surface area (TPSA) is 12.0 Å². The Bertz CT molecular complexity index is 222. The molecule has 1 N–H and O–H groups in total. The Kier molecular flexibility index (Phi) is 6.70. The van der Waals surface area contributed by atoms with Crippen molar-refractivity contribution >= 4 is 0 Å². The molecule has 19 heavy (non-hydrogen) atoms. The molecule has 0 bridgehead atoms. The van der Waals surface area contributed by atoms with Crippen LogP contribution in [0.25, 0.3) is 0 Å². The highest BCUT2D eigenvalue weighted by molar-refractivity contribution is 4.82. The number of rotatable bonds is 5. The molecule has 1 atom stereocenters. The molecule has 2 aliphatic carbocycles. The summed E-state index contributed by atoms with van der Waals surface area (Å²) in [4.78, 5) is 0. The zero-order chi connectivity index (χ0) is 13.5. The van der Waals surface area contributed by atoms with Crippen LogP contribution in [0.4, 0.5) is 0 Å². The van der Waals surface area contributed by atoms with Crippen LogP contribution in [0, 0.1) is 11.8 Å². The van der Waals surface area contributed by atoms with Crippen molar-refractivity contribution in [1.29, 1.82) is 0 Å². The first kappa shape index (κ1) is 15.4. The van der Waals surface area contributed by atoms with E-state index >= 15 is 0 Å². The van der Waals surface area contributed by atoms with Crippen LogP contribution in [0.3, 0.4) is 0 Å². The van der Waals surface area contributed by atoms with E-state index in [9.17, 15) is 0 Å². The molecular weight excluding hydrogens is 230 g/mol. The average molecular weight is 265 g/mol. The molecule has 1 nitrogen and oxygen atoms in total. The summed E-state index contributed by atoms with van der Waals surface area (Å²) in [5, 5.41) is 3.98. The van der Waals surface area contributed by atoms with Crippen LogP contribution in [0.1, 0.15) is 90.9 Å². The number of hydrogen-bond donors (Lipinski definition) is 1. The molecule has 0 aromatic heterocycles. The first-order valence-electron chi connectivity index (χ1n) is 9.05. The van der Waals surface area contributed by atoms with E-state index in [-0.39, 0.29) is 0 Å². The van der Waals surface area contributed by atoms with Gasteiger partial charge in [-0.25, -0.2) is 0 Å². The van der Waals surface area contributed by atoms with Gasteiger partial charge in [0.2, 0.25) is 0 Å². The molecule has 0 unspecified atom stereocenters. The van der Waals surface area contributed by atoms with Crippen molar-refractivity contribution in [1.82, 2.24) is 5.32 Å². The summed E-state index contributed by atoms with van der Waals surface area (Å²) in [5.74, 6) is 1.99. The van der Waals surface area contributed by atoms with Crippen molar-refractivity contribution in [2.75, 3.05) is 0 Å². The second-order valence-corrected chi connectivity index (χ2v) is 7.21. The summed E-state index contributed by atoms with van der Waals surface area (Å²) < 4.78 is 0. The fourth-order valence-corrected chi connectivity index (χ4v) is 4.34. The molecule has 2 rings (SSSR count). The Labute approximate surface area is 120 Å². The predicted molar refractivity (Wildman–Crippen MR) is 84.4 cm³/mol. The van der Waals surface area contributed by atoms with Crippen molar-refractivity contribution in [2.24, 2.45) is 11.8 Å². The van der Waals surface area contributed by atoms with Crippen LogP contribution in [0.15, 0.2) is 0 Å². The van der Waals surface area contributed by atoms with E-state index in [0.29, 0.717) is 0 Å². The van der Waals surface area contributed by atoms with E-state index in [1.54, 1.807) is 0 Å². The van der Waals surface area contributed by atoms with Gasteiger partial charge in [0.25, 0.3) is 0 Å². The third-order valence-electron chi connectivity index (χ3n) is 5.65. The smallest absolute Gasteiger partial charge is 0.00698 e. The van der Waals surface area contributed by atoms with E-state index in [2.05, 4.69) is 19.2 Å². The molecule has 2 saturated carbocycles. The normalized spacial score (nSPS) is 31.9. The van der Waals surface area contributed by atoms with Gasteiger partial charge in [-0.15, -0.1) is 0 Å². The van der Waals surface area contributed by atoms with Gasteiger partial charge in [0.05, 0.1) is 0 Å². The minimum absolute atomic E-state index is 0.755. The van der Waals surface area contributed by atoms with Gasteiger partial charge in [0, 0.05) is 12.1 Å². The van der Waals surface area contributed by atoms with E-state index in [1.807, 2.05) is 0 Å². The molecule has 0 saturated heterocycles. The summed E-state index contributed by atoms with van der Waals surface area (Å²) in [5.41, 5.74) is 0. The lowest BCUT2D eigenvalue weighted by atomic mass is 9.82. The minimum atomic E-state index is 0.755. The largest absolute Gasteiger partial charge is 0.311 e. The molecule has 0 aromatic carbocycles. The van der Waals surface area contributed by atoms with Gasteiger partial charge >= 0.3 is 0 Å². The van der Waals surface area contributed by atoms with Crippen LogP contribution in [-0.4, -0.2) is 12.1 Å². The van der Waals surface area contributed by atoms with E-state index in [4.69, 9.17) is 0 Å². The van der Waals surface area contributed by atoms with Crippen LogP contribution in [-0.2, 0) is 0 Å². The van der Waals surface area contributed by atoms with E-state index in [0.717, 1.165) is 23.9 Å². The summed E-state index contributed by atoms with van der Waals surface area (Å²) in [7, 11) is 0. The first-order chi connectivity index (χ1) is 9.29. The third-order valence-corrected chi connectivity index (χ3v) is 5.65. The summed E-state index contributed by atoms with van der Waals surface area (Å²) in [6.07, 6.45) is 17.5. The molecule has 2 fully saturated rings. The lowest BCUT2D eigenvalue weighted by molar-refractivity contribution is 0.235. The molecule has 0 heterocycles. The van der Waals surface area contributed by atoms with Crippen molar-refractivity contribution in [3.63, 3.8) is 0 Å². The maximum absolute atomic E-state index is 3.98. The maximum Gasteiger partial charge on any atom is 0.00698 e. The Hall–Kier alpha value is -0.0400. The predicted octanol–water partition coefficient (Wildman–Crippen LogP) is 5.29. The Morgan fingerprint density at radius 2 is 1.53 bits per heavy atom. The lowest BCUT2D eigenvalue weighted by Crippen LogP contribution is -2.42. The highest BCUT2D eigenvalue weighted by Gasteiger charge is 2.25. The highest BCUT2D eigenvalue weighted by Crippen LogP contribution is 2.30. The van der Waals surface area contributed by atoms with Gasteiger partial charge in [0.1, 0.15) is 0 Å². The summed E-state index contributed by atoms with van der Waals surface area (Å²) in [6, 6.07) is 1.58. The molecule has 2 aliphatic rings. The summed E-state index contributed by atoms with van der Waals surface area (Å²) >= 11 is 0. The molecule has 0 radical (unpaired) electrons. The van der Waals surface area contributed by atoms with Gasteiger partial charge in [-0.1, -0.05) is 45.4 Å². The molecular formula is C18H35N. The molecule has 0 spiro atoms. The van der Waals surface area contributed by atoms with Crippen molar-refractivity contribution < 1.29 is 0 Å². The minimum Gasteiger partial charge on any atom is -0.311 e. The zero-order valence-electron chi connectivity index (χ0n) is 13.3. The second kappa shape index (κ2) is 8.29. The molecule has 0 aromatic rings. The van der Waals surface area contributed by atoms with Gasteiger partial charge in [-0.2, -0.15) is 0 Å². The monoisotopic (exact) mass is 265 g/mol. The van der Waals surface area contributed by atoms with Gasteiger partial charge in [-0.05, 0) is 57.3 Å². The van der Waals surface area contributed by atoms with E-state index < -0.39 is 0 Å². The fraction of sp³-hybridized carbons (Fsp3) is 1.00. The molecule has 0 amide bonds. The van der Waals surface area contributed by atoms with Crippen molar-refractivity contribution in [3.05, 3.63) is 0 Å². The molecule has 112 valence electrons. The highest BCUT2D eigenvalue weighted by atomic mass is 15.0. The SMILES string of the molecule is CCCC1CCC(N[C@H](C)C2CCCCCC2)CC1. The molecule has 1 heteroatoms. The zero-order valence-corrected chi connectivity index (χ0v) is 13.3. The number of hydrogen-bond acceptors (Lipinski definition) is 1. The van der Waals surface area contributed by atoms with Crippen molar-refractivity contribution in [2.45, 2.75) is 103 Å². The Morgan fingerprint density at radius 3 is 2.11 bits per heavy atom. The standard InChI is InChI=1S/C18H35N/c1-3-8-16-11-13-18(14-12-16)19-15(2)17-9-6-4-5-7-10-17/h15-19H,3-14H2,1-2H3/t15-,16?,18?/m1/s1. The van der Waals surface area contributed by atoms with Gasteiger partial charge in [-0.3, -0.25) is 0 Å². The Balaban J connectivity index is 1.69. The van der Waals surface area contributed by atoms with Gasteiger partial charge in [0.15, 0.2) is 0 Å². The summed E-state index contributed by atoms with van der Waals surface area (Å²) in [6.45, 7) is 4.78. The van der Waals surface area contributed by atoms with Crippen LogP contribution >= 0.6 is 0 Å². The average Bonchev–Trinajstić information content (AvgIpc) is 2.70. The van der Waals surface area contributed by atoms with Crippen LogP contribution < -0.4 is 5.32 Å². The third kappa shape index (κ3) is 5.10. The quantitative estimate of drug-likeness (QED) is 0.666. The van der Waals surface area contributed by atoms with Crippen molar-refractivity contribution in [3.8, 4) is 0 Å². The lowest BCUT2D eigenvalue weighted by Gasteiger charge is -2.33. The van der Waals surface area contributed by atoms with E-state index in [1.165, 1.54) is 77.0 Å². The first-order valence-corrected chi connectivity index (χ1v) is 9.05. The second-order valence-electron chi connectivity index (χ2n) is 7.21. The van der Waals surface area contributed by atoms with Crippen LogP contribution in [0.5, 0.6) is 0 Å². The maximum atomic E-state index is 3.98.